The minimum atomic E-state index is -0.703. The molecule has 1 aliphatic carbocycles. The first-order valence-corrected chi connectivity index (χ1v) is 11.0. The largest absolute Gasteiger partial charge is 0.389 e. The van der Waals surface area contributed by atoms with Crippen molar-refractivity contribution in [2.45, 2.75) is 69.6 Å². The monoisotopic (exact) mass is 403 g/mol. The number of aliphatic hydroxyl groups is 1. The van der Waals surface area contributed by atoms with Crippen molar-refractivity contribution in [2.24, 2.45) is 0 Å². The van der Waals surface area contributed by atoms with Gasteiger partial charge in [-0.1, -0.05) is 25.7 Å². The number of fused-ring (bicyclic) bond motifs is 1. The molecule has 1 saturated carbocycles. The number of piperidine rings is 1. The summed E-state index contributed by atoms with van der Waals surface area (Å²) in [6.45, 7) is 3.35. The van der Waals surface area contributed by atoms with E-state index in [4.69, 9.17) is 0 Å². The molecule has 1 aromatic heterocycles. The summed E-state index contributed by atoms with van der Waals surface area (Å²) in [7, 11) is 1.85. The maximum Gasteiger partial charge on any atom is 0.274 e. The SMILES string of the molecule is CN(CC1(N2CCCCC2)CCCCC1)C(=O)c1cc2n(n1)CC(O)CNC2=O. The number of rotatable bonds is 4. The van der Waals surface area contributed by atoms with Gasteiger partial charge in [0.2, 0.25) is 0 Å². The second-order valence-corrected chi connectivity index (χ2v) is 8.95. The number of hydrogen-bond donors (Lipinski definition) is 2. The summed E-state index contributed by atoms with van der Waals surface area (Å²) < 4.78 is 1.45. The van der Waals surface area contributed by atoms with Crippen molar-refractivity contribution in [1.29, 1.82) is 0 Å². The number of aliphatic hydroxyl groups excluding tert-OH is 1. The fourth-order valence-electron chi connectivity index (χ4n) is 5.27. The molecule has 29 heavy (non-hydrogen) atoms. The zero-order chi connectivity index (χ0) is 20.4. The average molecular weight is 404 g/mol. The molecule has 0 aromatic carbocycles. The molecule has 1 aromatic rings. The van der Waals surface area contributed by atoms with Gasteiger partial charge in [0.1, 0.15) is 5.69 Å². The Morgan fingerprint density at radius 2 is 1.93 bits per heavy atom. The number of aromatic nitrogens is 2. The van der Waals surface area contributed by atoms with Crippen LogP contribution in [0.25, 0.3) is 0 Å². The van der Waals surface area contributed by atoms with Crippen molar-refractivity contribution >= 4 is 11.8 Å². The summed E-state index contributed by atoms with van der Waals surface area (Å²) in [4.78, 5) is 29.8. The van der Waals surface area contributed by atoms with Gasteiger partial charge in [-0.2, -0.15) is 5.10 Å². The number of carbonyl (C=O) groups is 2. The fourth-order valence-corrected chi connectivity index (χ4v) is 5.27. The predicted octanol–water partition coefficient (Wildman–Crippen LogP) is 1.25. The van der Waals surface area contributed by atoms with Crippen LogP contribution >= 0.6 is 0 Å². The lowest BCUT2D eigenvalue weighted by Crippen LogP contribution is -2.58. The Labute approximate surface area is 172 Å². The Morgan fingerprint density at radius 1 is 1.24 bits per heavy atom. The molecule has 8 nitrogen and oxygen atoms in total. The Hall–Kier alpha value is -1.93. The molecule has 8 heteroatoms. The maximum absolute atomic E-state index is 13.2. The van der Waals surface area contributed by atoms with Gasteiger partial charge in [-0.05, 0) is 38.8 Å². The Balaban J connectivity index is 1.52. The molecule has 160 valence electrons. The molecule has 0 bridgehead atoms. The van der Waals surface area contributed by atoms with Crippen LogP contribution in [0.1, 0.15) is 72.3 Å². The number of carbonyl (C=O) groups excluding carboxylic acids is 2. The molecule has 0 radical (unpaired) electrons. The van der Waals surface area contributed by atoms with Crippen LogP contribution in [-0.2, 0) is 6.54 Å². The Bertz CT molecular complexity index is 749. The third kappa shape index (κ3) is 4.19. The van der Waals surface area contributed by atoms with Gasteiger partial charge in [0.25, 0.3) is 11.8 Å². The highest BCUT2D eigenvalue weighted by molar-refractivity contribution is 5.98. The van der Waals surface area contributed by atoms with Crippen LogP contribution in [0.15, 0.2) is 6.07 Å². The second kappa shape index (κ2) is 8.44. The third-order valence-corrected chi connectivity index (χ3v) is 6.80. The topological polar surface area (TPSA) is 90.7 Å². The molecule has 0 spiro atoms. The van der Waals surface area contributed by atoms with E-state index in [0.29, 0.717) is 12.2 Å². The zero-order valence-corrected chi connectivity index (χ0v) is 17.4. The molecule has 3 aliphatic rings. The smallest absolute Gasteiger partial charge is 0.274 e. The second-order valence-electron chi connectivity index (χ2n) is 8.95. The van der Waals surface area contributed by atoms with Crippen molar-refractivity contribution < 1.29 is 14.7 Å². The maximum atomic E-state index is 13.2. The Morgan fingerprint density at radius 3 is 2.66 bits per heavy atom. The van der Waals surface area contributed by atoms with E-state index in [1.54, 1.807) is 11.0 Å². The number of likely N-dealkylation sites (N-methyl/N-ethyl adjacent to an activating group) is 1. The molecule has 1 saturated heterocycles. The molecule has 1 unspecified atom stereocenters. The molecule has 1 atom stereocenters. The predicted molar refractivity (Wildman–Crippen MR) is 109 cm³/mol. The number of amides is 2. The third-order valence-electron chi connectivity index (χ3n) is 6.80. The lowest BCUT2D eigenvalue weighted by molar-refractivity contribution is 0.00971. The normalized spacial score (nSPS) is 25.0. The standard InChI is InChI=1S/C21H33N5O3/c1-24(15-21(8-4-2-5-9-21)25-10-6-3-7-11-25)20(29)17-12-18-19(28)22-13-16(27)14-26(18)23-17/h12,16,27H,2-11,13-15H2,1H3,(H,22,28). The van der Waals surface area contributed by atoms with E-state index in [9.17, 15) is 14.7 Å². The number of hydrogen-bond acceptors (Lipinski definition) is 5. The number of β-amino-alcohol motifs (C(OH)–C–C–N with tert-alkyl or cyclic N) is 1. The van der Waals surface area contributed by atoms with Gasteiger partial charge < -0.3 is 15.3 Å². The highest BCUT2D eigenvalue weighted by Gasteiger charge is 2.40. The van der Waals surface area contributed by atoms with E-state index < -0.39 is 6.10 Å². The van der Waals surface area contributed by atoms with Crippen LogP contribution in [0.3, 0.4) is 0 Å². The summed E-state index contributed by atoms with van der Waals surface area (Å²) in [6, 6.07) is 1.56. The van der Waals surface area contributed by atoms with Gasteiger partial charge in [0.15, 0.2) is 5.69 Å². The van der Waals surface area contributed by atoms with E-state index in [-0.39, 0.29) is 36.1 Å². The zero-order valence-electron chi connectivity index (χ0n) is 17.4. The number of nitrogens with zero attached hydrogens (tertiary/aromatic N) is 4. The minimum Gasteiger partial charge on any atom is -0.389 e. The Kier molecular flexibility index (Phi) is 5.92. The first-order chi connectivity index (χ1) is 14.0. The quantitative estimate of drug-likeness (QED) is 0.790. The van der Waals surface area contributed by atoms with Gasteiger partial charge in [-0.15, -0.1) is 0 Å². The molecule has 4 rings (SSSR count). The number of likely N-dealkylation sites (tertiary alicyclic amines) is 1. The average Bonchev–Trinajstić information content (AvgIpc) is 3.11. The lowest BCUT2D eigenvalue weighted by atomic mass is 9.78. The van der Waals surface area contributed by atoms with Gasteiger partial charge in [0, 0.05) is 31.7 Å². The lowest BCUT2D eigenvalue weighted by Gasteiger charge is -2.49. The van der Waals surface area contributed by atoms with Crippen LogP contribution in [0, 0.1) is 0 Å². The molecular formula is C21H33N5O3. The highest BCUT2D eigenvalue weighted by atomic mass is 16.3. The van der Waals surface area contributed by atoms with Crippen molar-refractivity contribution in [1.82, 2.24) is 24.9 Å². The van der Waals surface area contributed by atoms with Crippen molar-refractivity contribution in [3.63, 3.8) is 0 Å². The molecular weight excluding hydrogens is 370 g/mol. The molecule has 2 amide bonds. The number of nitrogens with one attached hydrogen (secondary N) is 1. The minimum absolute atomic E-state index is 0.0630. The summed E-state index contributed by atoms with van der Waals surface area (Å²) >= 11 is 0. The van der Waals surface area contributed by atoms with Crippen LogP contribution in [0.4, 0.5) is 0 Å². The van der Waals surface area contributed by atoms with Crippen molar-refractivity contribution in [2.75, 3.05) is 33.2 Å². The van der Waals surface area contributed by atoms with E-state index >= 15 is 0 Å². The van der Waals surface area contributed by atoms with Crippen LogP contribution in [0.2, 0.25) is 0 Å². The van der Waals surface area contributed by atoms with Gasteiger partial charge in [-0.25, -0.2) is 0 Å². The van der Waals surface area contributed by atoms with Crippen molar-refractivity contribution in [3.05, 3.63) is 17.5 Å². The first kappa shape index (κ1) is 20.3. The molecule has 2 N–H and O–H groups in total. The molecule has 2 fully saturated rings. The fraction of sp³-hybridized carbons (Fsp3) is 0.762. The van der Waals surface area contributed by atoms with E-state index in [1.165, 1.54) is 43.2 Å². The van der Waals surface area contributed by atoms with Gasteiger partial charge in [-0.3, -0.25) is 19.2 Å². The van der Waals surface area contributed by atoms with Crippen LogP contribution < -0.4 is 5.32 Å². The van der Waals surface area contributed by atoms with Crippen LogP contribution in [-0.4, -0.2) is 81.4 Å². The highest BCUT2D eigenvalue weighted by Crippen LogP contribution is 2.36. The van der Waals surface area contributed by atoms with Crippen LogP contribution in [0.5, 0.6) is 0 Å². The van der Waals surface area contributed by atoms with E-state index in [1.807, 2.05) is 7.05 Å². The van der Waals surface area contributed by atoms with Gasteiger partial charge in [0.05, 0.1) is 12.6 Å². The molecule has 2 aliphatic heterocycles. The summed E-state index contributed by atoms with van der Waals surface area (Å²) in [5, 5.41) is 16.9. The van der Waals surface area contributed by atoms with Gasteiger partial charge >= 0.3 is 0 Å². The van der Waals surface area contributed by atoms with E-state index in [0.717, 1.165) is 25.9 Å². The van der Waals surface area contributed by atoms with Crippen molar-refractivity contribution in [3.8, 4) is 0 Å². The molecule has 3 heterocycles. The summed E-state index contributed by atoms with van der Waals surface area (Å²) in [6.07, 6.45) is 9.07. The van der Waals surface area contributed by atoms with E-state index in [2.05, 4.69) is 15.3 Å². The summed E-state index contributed by atoms with van der Waals surface area (Å²) in [5.41, 5.74) is 0.672. The first-order valence-electron chi connectivity index (χ1n) is 11.0. The summed E-state index contributed by atoms with van der Waals surface area (Å²) in [5.74, 6) is -0.456.